The highest BCUT2D eigenvalue weighted by molar-refractivity contribution is 8.13. The molecule has 0 heterocycles. The van der Waals surface area contributed by atoms with Crippen LogP contribution in [0.3, 0.4) is 0 Å². The molecule has 0 aliphatic rings. The first-order chi connectivity index (χ1) is 14.5. The fourth-order valence-electron chi connectivity index (χ4n) is 2.73. The summed E-state index contributed by atoms with van der Waals surface area (Å²) < 4.78 is 0. The van der Waals surface area contributed by atoms with Gasteiger partial charge in [0.2, 0.25) is 0 Å². The molecule has 0 bridgehead atoms. The van der Waals surface area contributed by atoms with Gasteiger partial charge in [-0.15, -0.1) is 0 Å². The predicted molar refractivity (Wildman–Crippen MR) is 130 cm³/mol. The van der Waals surface area contributed by atoms with Crippen molar-refractivity contribution in [2.24, 2.45) is 0 Å². The van der Waals surface area contributed by atoms with Crippen molar-refractivity contribution in [2.45, 2.75) is 23.6 Å². The Bertz CT molecular complexity index is 973. The van der Waals surface area contributed by atoms with Crippen LogP contribution in [0.4, 0.5) is 0 Å². The Morgan fingerprint density at radius 2 is 0.733 bits per heavy atom. The van der Waals surface area contributed by atoms with Gasteiger partial charge in [0.05, 0.1) is 0 Å². The molecule has 0 unspecified atom stereocenters. The molecule has 0 aromatic heterocycles. The van der Waals surface area contributed by atoms with E-state index in [9.17, 15) is 9.59 Å². The minimum Gasteiger partial charge on any atom is -0.287 e. The van der Waals surface area contributed by atoms with Crippen molar-refractivity contribution >= 4 is 58.1 Å². The lowest BCUT2D eigenvalue weighted by Crippen LogP contribution is -1.81. The summed E-state index contributed by atoms with van der Waals surface area (Å²) >= 11 is 2.49. The first-order valence-electron chi connectivity index (χ1n) is 9.51. The normalized spacial score (nSPS) is 11.3. The average Bonchev–Trinajstić information content (AvgIpc) is 2.73. The van der Waals surface area contributed by atoms with Crippen molar-refractivity contribution in [3.63, 3.8) is 0 Å². The van der Waals surface area contributed by atoms with Gasteiger partial charge in [-0.05, 0) is 46.5 Å². The zero-order valence-electron chi connectivity index (χ0n) is 16.9. The molecule has 0 spiro atoms. The standard InChI is InChI=1S/C26H22O2S2/c1-19(27)29-25-15-11-23(12-16-25)9-7-21-3-5-22(6-4-21)8-10-24-13-17-26(18-14-24)30-20(2)28/h3-18H,1-2H3/b9-7+,10-8+. The third kappa shape index (κ3) is 7.21. The third-order valence-electron chi connectivity index (χ3n) is 4.16. The smallest absolute Gasteiger partial charge is 0.190 e. The van der Waals surface area contributed by atoms with Crippen LogP contribution in [0.25, 0.3) is 24.3 Å². The number of carbonyl (C=O) groups is 2. The van der Waals surface area contributed by atoms with Crippen LogP contribution in [0.5, 0.6) is 0 Å². The molecule has 0 atom stereocenters. The van der Waals surface area contributed by atoms with Gasteiger partial charge in [-0.25, -0.2) is 0 Å². The van der Waals surface area contributed by atoms with Crippen LogP contribution < -0.4 is 0 Å². The zero-order valence-corrected chi connectivity index (χ0v) is 18.5. The molecular weight excluding hydrogens is 408 g/mol. The monoisotopic (exact) mass is 430 g/mol. The molecular formula is C26H22O2S2. The highest BCUT2D eigenvalue weighted by atomic mass is 32.2. The van der Waals surface area contributed by atoms with Crippen molar-refractivity contribution in [3.05, 3.63) is 95.1 Å². The lowest BCUT2D eigenvalue weighted by molar-refractivity contribution is -0.109. The van der Waals surface area contributed by atoms with Crippen molar-refractivity contribution in [1.82, 2.24) is 0 Å². The largest absolute Gasteiger partial charge is 0.287 e. The molecule has 0 saturated heterocycles. The van der Waals surface area contributed by atoms with E-state index in [0.717, 1.165) is 32.0 Å². The number of rotatable bonds is 6. The summed E-state index contributed by atoms with van der Waals surface area (Å²) in [5, 5.41) is 0.188. The molecule has 3 aromatic rings. The highest BCUT2D eigenvalue weighted by Crippen LogP contribution is 2.21. The second-order valence-corrected chi connectivity index (χ2v) is 9.16. The average molecular weight is 431 g/mol. The quantitative estimate of drug-likeness (QED) is 0.303. The van der Waals surface area contributed by atoms with E-state index in [0.29, 0.717) is 0 Å². The number of benzene rings is 3. The summed E-state index contributed by atoms with van der Waals surface area (Å²) in [6.45, 7) is 3.14. The topological polar surface area (TPSA) is 34.1 Å². The molecule has 30 heavy (non-hydrogen) atoms. The minimum absolute atomic E-state index is 0.0939. The predicted octanol–water partition coefficient (Wildman–Crippen LogP) is 7.30. The van der Waals surface area contributed by atoms with Crippen LogP contribution >= 0.6 is 23.5 Å². The van der Waals surface area contributed by atoms with E-state index >= 15 is 0 Å². The van der Waals surface area contributed by atoms with Gasteiger partial charge in [0.15, 0.2) is 10.2 Å². The first-order valence-corrected chi connectivity index (χ1v) is 11.1. The molecule has 0 amide bonds. The van der Waals surface area contributed by atoms with E-state index in [1.165, 1.54) is 23.5 Å². The maximum Gasteiger partial charge on any atom is 0.190 e. The fraction of sp³-hybridized carbons (Fsp3) is 0.0769. The summed E-state index contributed by atoms with van der Waals surface area (Å²) in [5.74, 6) is 0. The van der Waals surface area contributed by atoms with Crippen molar-refractivity contribution in [2.75, 3.05) is 0 Å². The zero-order chi connectivity index (χ0) is 21.3. The van der Waals surface area contributed by atoms with Crippen molar-refractivity contribution in [3.8, 4) is 0 Å². The van der Waals surface area contributed by atoms with Gasteiger partial charge in [-0.3, -0.25) is 9.59 Å². The van der Waals surface area contributed by atoms with Gasteiger partial charge in [0, 0.05) is 23.6 Å². The summed E-state index contributed by atoms with van der Waals surface area (Å²) in [7, 11) is 0. The van der Waals surface area contributed by atoms with E-state index < -0.39 is 0 Å². The number of thioether (sulfide) groups is 2. The summed E-state index contributed by atoms with van der Waals surface area (Å²) in [5.41, 5.74) is 4.44. The molecule has 0 radical (unpaired) electrons. The van der Waals surface area contributed by atoms with E-state index in [-0.39, 0.29) is 10.2 Å². The number of hydrogen-bond acceptors (Lipinski definition) is 4. The Hall–Kier alpha value is -2.82. The molecule has 3 rings (SSSR count). The van der Waals surface area contributed by atoms with Crippen LogP contribution in [0.1, 0.15) is 36.1 Å². The van der Waals surface area contributed by atoms with Crippen molar-refractivity contribution in [1.29, 1.82) is 0 Å². The second kappa shape index (κ2) is 10.8. The Balaban J connectivity index is 1.59. The number of hydrogen-bond donors (Lipinski definition) is 0. The molecule has 150 valence electrons. The van der Waals surface area contributed by atoms with Crippen LogP contribution in [0.15, 0.2) is 82.6 Å². The van der Waals surface area contributed by atoms with Crippen LogP contribution in [-0.4, -0.2) is 10.2 Å². The summed E-state index contributed by atoms with van der Waals surface area (Å²) in [6.07, 6.45) is 8.28. The van der Waals surface area contributed by atoms with Gasteiger partial charge in [0.25, 0.3) is 0 Å². The lowest BCUT2D eigenvalue weighted by atomic mass is 10.1. The Morgan fingerprint density at radius 3 is 0.967 bits per heavy atom. The minimum atomic E-state index is 0.0939. The molecule has 0 aliphatic heterocycles. The molecule has 0 saturated carbocycles. The van der Waals surface area contributed by atoms with E-state index in [4.69, 9.17) is 0 Å². The van der Waals surface area contributed by atoms with Crippen LogP contribution in [0, 0.1) is 0 Å². The van der Waals surface area contributed by atoms with Crippen LogP contribution in [0.2, 0.25) is 0 Å². The van der Waals surface area contributed by atoms with Crippen LogP contribution in [-0.2, 0) is 9.59 Å². The summed E-state index contributed by atoms with van der Waals surface area (Å²) in [6, 6.07) is 24.2. The molecule has 2 nitrogen and oxygen atoms in total. The summed E-state index contributed by atoms with van der Waals surface area (Å²) in [4.78, 5) is 24.2. The van der Waals surface area contributed by atoms with E-state index in [1.54, 1.807) is 13.8 Å². The fourth-order valence-corrected chi connectivity index (χ4v) is 3.94. The van der Waals surface area contributed by atoms with Gasteiger partial charge in [-0.1, -0.05) is 96.4 Å². The van der Waals surface area contributed by atoms with E-state index in [2.05, 4.69) is 48.6 Å². The molecule has 0 fully saturated rings. The lowest BCUT2D eigenvalue weighted by Gasteiger charge is -2.00. The maximum absolute atomic E-state index is 11.1. The Kier molecular flexibility index (Phi) is 7.89. The van der Waals surface area contributed by atoms with Gasteiger partial charge in [0.1, 0.15) is 0 Å². The first kappa shape index (κ1) is 21.9. The maximum atomic E-state index is 11.1. The highest BCUT2D eigenvalue weighted by Gasteiger charge is 1.99. The second-order valence-electron chi connectivity index (χ2n) is 6.66. The van der Waals surface area contributed by atoms with E-state index in [1.807, 2.05) is 48.5 Å². The molecule has 0 aliphatic carbocycles. The molecule has 4 heteroatoms. The van der Waals surface area contributed by atoms with Crippen molar-refractivity contribution < 1.29 is 9.59 Å². The van der Waals surface area contributed by atoms with Gasteiger partial charge < -0.3 is 0 Å². The Labute approximate surface area is 186 Å². The number of carbonyl (C=O) groups excluding carboxylic acids is 2. The molecule has 3 aromatic carbocycles. The third-order valence-corrected chi connectivity index (χ3v) is 5.75. The Morgan fingerprint density at radius 1 is 0.500 bits per heavy atom. The van der Waals surface area contributed by atoms with Gasteiger partial charge >= 0.3 is 0 Å². The molecule has 0 N–H and O–H groups in total. The van der Waals surface area contributed by atoms with Gasteiger partial charge in [-0.2, -0.15) is 0 Å². The SMILES string of the molecule is CC(=O)Sc1ccc(/C=C/c2ccc(/C=C/c3ccc(SC(C)=O)cc3)cc2)cc1.